The van der Waals surface area contributed by atoms with Crippen molar-refractivity contribution in [1.29, 1.82) is 0 Å². The third-order valence-electron chi connectivity index (χ3n) is 3.56. The predicted octanol–water partition coefficient (Wildman–Crippen LogP) is 2.32. The quantitative estimate of drug-likeness (QED) is 0.537. The van der Waals surface area contributed by atoms with E-state index in [0.29, 0.717) is 27.3 Å². The van der Waals surface area contributed by atoms with Gasteiger partial charge in [-0.1, -0.05) is 23.4 Å². The number of fused-ring (bicyclic) bond motifs is 1. The van der Waals surface area contributed by atoms with Crippen LogP contribution in [0.15, 0.2) is 58.6 Å². The molecule has 0 unspecified atom stereocenters. The van der Waals surface area contributed by atoms with Gasteiger partial charge in [0.1, 0.15) is 11.4 Å². The number of hydrogen-bond donors (Lipinski definition) is 1. The molecule has 0 aliphatic heterocycles. The minimum absolute atomic E-state index is 0.164. The number of tetrazole rings is 1. The molecule has 8 nitrogen and oxygen atoms in total. The fourth-order valence-corrected chi connectivity index (χ4v) is 3.31. The van der Waals surface area contributed by atoms with Crippen LogP contribution in [0.3, 0.4) is 0 Å². The van der Waals surface area contributed by atoms with Gasteiger partial charge in [0.25, 0.3) is 5.56 Å². The molecule has 10 heteroatoms. The molecule has 0 radical (unpaired) electrons. The van der Waals surface area contributed by atoms with Crippen LogP contribution in [0.1, 0.15) is 5.69 Å². The number of benzene rings is 1. The van der Waals surface area contributed by atoms with E-state index in [4.69, 9.17) is 11.6 Å². The Morgan fingerprint density at radius 2 is 1.96 bits per heavy atom. The van der Waals surface area contributed by atoms with Crippen LogP contribution in [0.5, 0.6) is 5.75 Å². The number of aromatic hydroxyl groups is 1. The van der Waals surface area contributed by atoms with Crippen molar-refractivity contribution in [2.75, 3.05) is 0 Å². The van der Waals surface area contributed by atoms with Gasteiger partial charge in [0.05, 0.1) is 16.4 Å². The number of phenolic OH excluding ortho intramolecular Hbond substituents is 1. The lowest BCUT2D eigenvalue weighted by Gasteiger charge is -2.05. The van der Waals surface area contributed by atoms with E-state index in [9.17, 15) is 9.90 Å². The van der Waals surface area contributed by atoms with Crippen LogP contribution in [0.4, 0.5) is 0 Å². The summed E-state index contributed by atoms with van der Waals surface area (Å²) in [6.45, 7) is 0. The maximum absolute atomic E-state index is 12.2. The first-order chi connectivity index (χ1) is 12.6. The highest BCUT2D eigenvalue weighted by atomic mass is 35.5. The van der Waals surface area contributed by atoms with Crippen molar-refractivity contribution in [3.63, 3.8) is 0 Å². The van der Waals surface area contributed by atoms with Gasteiger partial charge in [-0.15, -0.1) is 5.10 Å². The van der Waals surface area contributed by atoms with Gasteiger partial charge in [-0.25, -0.2) is 4.98 Å². The maximum Gasteiger partial charge on any atom is 0.258 e. The Hall–Kier alpha value is -2.91. The van der Waals surface area contributed by atoms with Gasteiger partial charge in [0.2, 0.25) is 5.16 Å². The zero-order valence-electron chi connectivity index (χ0n) is 13.2. The van der Waals surface area contributed by atoms with Crippen molar-refractivity contribution in [2.45, 2.75) is 10.9 Å². The minimum atomic E-state index is -0.203. The third kappa shape index (κ3) is 3.26. The summed E-state index contributed by atoms with van der Waals surface area (Å²) >= 11 is 7.27. The van der Waals surface area contributed by atoms with Gasteiger partial charge in [-0.05, 0) is 46.8 Å². The average Bonchev–Trinajstić information content (AvgIpc) is 3.10. The van der Waals surface area contributed by atoms with Crippen LogP contribution in [0.2, 0.25) is 5.02 Å². The number of phenols is 1. The lowest BCUT2D eigenvalue weighted by Crippen LogP contribution is -2.15. The van der Waals surface area contributed by atoms with E-state index < -0.39 is 0 Å². The van der Waals surface area contributed by atoms with Crippen molar-refractivity contribution >= 4 is 29.0 Å². The second-order valence-corrected chi connectivity index (χ2v) is 6.72. The van der Waals surface area contributed by atoms with E-state index in [1.54, 1.807) is 41.1 Å². The lowest BCUT2D eigenvalue weighted by atomic mass is 10.3. The highest BCUT2D eigenvalue weighted by Crippen LogP contribution is 2.22. The Kier molecular flexibility index (Phi) is 4.31. The molecule has 1 aromatic carbocycles. The van der Waals surface area contributed by atoms with Crippen LogP contribution >= 0.6 is 23.4 Å². The molecular formula is C16H11ClN6O2S. The largest absolute Gasteiger partial charge is 0.508 e. The molecule has 130 valence electrons. The van der Waals surface area contributed by atoms with Crippen molar-refractivity contribution in [2.24, 2.45) is 0 Å². The number of thioether (sulfide) groups is 1. The Bertz CT molecular complexity index is 1140. The molecule has 0 bridgehead atoms. The average molecular weight is 387 g/mol. The number of nitrogens with zero attached hydrogens (tertiary/aromatic N) is 6. The summed E-state index contributed by atoms with van der Waals surface area (Å²) in [5, 5.41) is 22.1. The SMILES string of the molecule is O=c1cc(CSc2nnnn2-c2ccc(O)cc2)nc2ccc(Cl)cn12. The second-order valence-electron chi connectivity index (χ2n) is 5.34. The molecule has 3 heterocycles. The molecular weight excluding hydrogens is 376 g/mol. The molecule has 0 amide bonds. The number of pyridine rings is 1. The fourth-order valence-electron chi connectivity index (χ4n) is 2.36. The molecule has 0 aliphatic rings. The molecule has 3 aromatic heterocycles. The minimum Gasteiger partial charge on any atom is -0.508 e. The number of rotatable bonds is 4. The summed E-state index contributed by atoms with van der Waals surface area (Å²) in [6, 6.07) is 11.4. The van der Waals surface area contributed by atoms with E-state index in [2.05, 4.69) is 20.5 Å². The molecule has 0 saturated carbocycles. The molecule has 0 spiro atoms. The van der Waals surface area contributed by atoms with Crippen LogP contribution in [0, 0.1) is 0 Å². The monoisotopic (exact) mass is 386 g/mol. The second kappa shape index (κ2) is 6.77. The normalized spacial score (nSPS) is 11.1. The first-order valence-electron chi connectivity index (χ1n) is 7.48. The molecule has 1 N–H and O–H groups in total. The Morgan fingerprint density at radius 3 is 2.77 bits per heavy atom. The molecule has 26 heavy (non-hydrogen) atoms. The van der Waals surface area contributed by atoms with E-state index >= 15 is 0 Å². The zero-order valence-corrected chi connectivity index (χ0v) is 14.7. The Labute approximate surface area is 156 Å². The molecule has 0 fully saturated rings. The Balaban J connectivity index is 1.60. The van der Waals surface area contributed by atoms with Gasteiger partial charge < -0.3 is 5.11 Å². The fraction of sp³-hybridized carbons (Fsp3) is 0.0625. The van der Waals surface area contributed by atoms with Gasteiger partial charge >= 0.3 is 0 Å². The van der Waals surface area contributed by atoms with Crippen LogP contribution < -0.4 is 5.56 Å². The first kappa shape index (κ1) is 16.6. The van der Waals surface area contributed by atoms with Crippen molar-refractivity contribution in [1.82, 2.24) is 29.6 Å². The molecule has 0 aliphatic carbocycles. The van der Waals surface area contributed by atoms with Crippen molar-refractivity contribution < 1.29 is 5.11 Å². The summed E-state index contributed by atoms with van der Waals surface area (Å²) in [4.78, 5) is 16.7. The van der Waals surface area contributed by atoms with Crippen LogP contribution in [-0.2, 0) is 5.75 Å². The zero-order chi connectivity index (χ0) is 18.1. The number of hydrogen-bond acceptors (Lipinski definition) is 7. The van der Waals surface area contributed by atoms with Gasteiger partial charge in [0, 0.05) is 18.0 Å². The van der Waals surface area contributed by atoms with Gasteiger partial charge in [-0.3, -0.25) is 9.20 Å². The number of halogens is 1. The van der Waals surface area contributed by atoms with Crippen LogP contribution in [0.25, 0.3) is 11.3 Å². The smallest absolute Gasteiger partial charge is 0.258 e. The van der Waals surface area contributed by atoms with Crippen LogP contribution in [-0.4, -0.2) is 34.7 Å². The molecule has 4 rings (SSSR count). The number of aromatic nitrogens is 6. The molecule has 4 aromatic rings. The summed E-state index contributed by atoms with van der Waals surface area (Å²) in [7, 11) is 0. The third-order valence-corrected chi connectivity index (χ3v) is 4.74. The first-order valence-corrected chi connectivity index (χ1v) is 8.85. The summed E-state index contributed by atoms with van der Waals surface area (Å²) in [6.07, 6.45) is 1.54. The standard InChI is InChI=1S/C16H11ClN6O2S/c17-10-1-6-14-18-11(7-15(25)22(14)8-10)9-26-16-19-20-21-23(16)12-2-4-13(24)5-3-12/h1-8,24H,9H2. The van der Waals surface area contributed by atoms with Crippen molar-refractivity contribution in [3.05, 3.63) is 69.7 Å². The summed E-state index contributed by atoms with van der Waals surface area (Å²) in [5.41, 5.74) is 1.65. The summed E-state index contributed by atoms with van der Waals surface area (Å²) < 4.78 is 2.95. The Morgan fingerprint density at radius 1 is 1.15 bits per heavy atom. The predicted molar refractivity (Wildman–Crippen MR) is 96.9 cm³/mol. The van der Waals surface area contributed by atoms with E-state index in [0.717, 1.165) is 5.69 Å². The van der Waals surface area contributed by atoms with Gasteiger partial charge in [-0.2, -0.15) is 4.68 Å². The highest BCUT2D eigenvalue weighted by molar-refractivity contribution is 7.98. The highest BCUT2D eigenvalue weighted by Gasteiger charge is 2.11. The van der Waals surface area contributed by atoms with E-state index in [1.807, 2.05) is 0 Å². The van der Waals surface area contributed by atoms with E-state index in [1.165, 1.54) is 28.4 Å². The maximum atomic E-state index is 12.2. The topological polar surface area (TPSA) is 98.2 Å². The summed E-state index contributed by atoms with van der Waals surface area (Å²) in [5.74, 6) is 0.587. The van der Waals surface area contributed by atoms with Gasteiger partial charge in [0.15, 0.2) is 0 Å². The van der Waals surface area contributed by atoms with E-state index in [-0.39, 0.29) is 11.3 Å². The molecule has 0 saturated heterocycles. The lowest BCUT2D eigenvalue weighted by molar-refractivity contribution is 0.475. The molecule has 0 atom stereocenters. The van der Waals surface area contributed by atoms with Crippen molar-refractivity contribution in [3.8, 4) is 11.4 Å².